The molecule has 2 aromatic rings. The lowest BCUT2D eigenvalue weighted by Crippen LogP contribution is -2.42. The summed E-state index contributed by atoms with van der Waals surface area (Å²) < 4.78 is 39.8. The lowest BCUT2D eigenvalue weighted by molar-refractivity contribution is -0.388. The van der Waals surface area contributed by atoms with Crippen LogP contribution >= 0.6 is 0 Å². The van der Waals surface area contributed by atoms with E-state index < -0.39 is 22.4 Å². The maximum Gasteiger partial charge on any atom is 0.423 e. The lowest BCUT2D eigenvalue weighted by Gasteiger charge is -2.34. The minimum absolute atomic E-state index is 0.00747. The van der Waals surface area contributed by atoms with Crippen LogP contribution in [0.1, 0.15) is 70.4 Å². The summed E-state index contributed by atoms with van der Waals surface area (Å²) in [6.07, 6.45) is 0.0400. The number of nitrogens with zero attached hydrogens (tertiary/aromatic N) is 2. The van der Waals surface area contributed by atoms with Crippen LogP contribution in [0.15, 0.2) is 42.5 Å². The number of nitrogens with one attached hydrogen (secondary N) is 2. The fraction of sp³-hybridized carbons (Fsp3) is 0.567. The van der Waals surface area contributed by atoms with Crippen molar-refractivity contribution in [1.29, 1.82) is 0 Å². The summed E-state index contributed by atoms with van der Waals surface area (Å²) in [5, 5.41) is 17.2. The van der Waals surface area contributed by atoms with Crippen molar-refractivity contribution in [1.82, 2.24) is 5.32 Å². The molecule has 7 nitrogen and oxygen atoms in total. The number of anilines is 2. The number of carbonyl (C=O) groups is 1. The number of alkyl halides is 3. The van der Waals surface area contributed by atoms with Gasteiger partial charge in [0.25, 0.3) is 5.69 Å². The molecule has 1 amide bonds. The van der Waals surface area contributed by atoms with Crippen molar-refractivity contribution in [3.63, 3.8) is 0 Å². The van der Waals surface area contributed by atoms with Gasteiger partial charge >= 0.3 is 6.18 Å². The number of carbonyl (C=O) groups excluding carboxylic acids is 1. The van der Waals surface area contributed by atoms with Crippen LogP contribution < -0.4 is 15.5 Å². The van der Waals surface area contributed by atoms with Crippen molar-refractivity contribution >= 4 is 23.0 Å². The Hall–Kier alpha value is -3.30. The van der Waals surface area contributed by atoms with E-state index in [-0.39, 0.29) is 29.0 Å². The average molecular weight is 561 g/mol. The summed E-state index contributed by atoms with van der Waals surface area (Å²) >= 11 is 0. The van der Waals surface area contributed by atoms with E-state index in [9.17, 15) is 28.1 Å². The van der Waals surface area contributed by atoms with Crippen molar-refractivity contribution in [2.75, 3.05) is 29.9 Å². The molecule has 218 valence electrons. The highest BCUT2D eigenvalue weighted by atomic mass is 19.4. The summed E-state index contributed by atoms with van der Waals surface area (Å²) in [5.41, 5.74) is 0.651. The highest BCUT2D eigenvalue weighted by Crippen LogP contribution is 2.38. The van der Waals surface area contributed by atoms with Crippen LogP contribution in [0.3, 0.4) is 0 Å². The number of hydrogen-bond acceptors (Lipinski definition) is 5. The smallest absolute Gasteiger partial charge is 0.382 e. The van der Waals surface area contributed by atoms with E-state index >= 15 is 0 Å². The zero-order valence-corrected chi connectivity index (χ0v) is 23.4. The van der Waals surface area contributed by atoms with Crippen molar-refractivity contribution in [2.24, 2.45) is 11.8 Å². The Morgan fingerprint density at radius 1 is 0.975 bits per heavy atom. The van der Waals surface area contributed by atoms with E-state index in [0.717, 1.165) is 63.7 Å². The number of amides is 1. The minimum atomic E-state index is -4.80. The predicted octanol–water partition coefficient (Wildman–Crippen LogP) is 6.91. The lowest BCUT2D eigenvalue weighted by atomic mass is 9.85. The molecule has 0 spiro atoms. The van der Waals surface area contributed by atoms with Gasteiger partial charge in [-0.3, -0.25) is 14.9 Å². The molecule has 0 atom stereocenters. The molecule has 0 bridgehead atoms. The third-order valence-electron chi connectivity index (χ3n) is 8.25. The van der Waals surface area contributed by atoms with Gasteiger partial charge in [-0.1, -0.05) is 32.9 Å². The summed E-state index contributed by atoms with van der Waals surface area (Å²) in [5.74, 6) is 0.438. The van der Waals surface area contributed by atoms with Gasteiger partial charge in [-0.15, -0.1) is 0 Å². The molecule has 0 radical (unpaired) electrons. The normalized spacial score (nSPS) is 20.7. The van der Waals surface area contributed by atoms with E-state index in [1.54, 1.807) is 0 Å². The highest BCUT2D eigenvalue weighted by Gasteiger charge is 2.38. The van der Waals surface area contributed by atoms with Gasteiger partial charge in [0.15, 0.2) is 0 Å². The maximum absolute atomic E-state index is 13.3. The molecule has 4 rings (SSSR count). The van der Waals surface area contributed by atoms with Gasteiger partial charge < -0.3 is 15.5 Å². The molecule has 1 heterocycles. The van der Waals surface area contributed by atoms with Crippen LogP contribution in [0.2, 0.25) is 0 Å². The molecular formula is C30H39F3N4O3. The van der Waals surface area contributed by atoms with Crippen LogP contribution in [0.4, 0.5) is 30.2 Å². The van der Waals surface area contributed by atoms with Crippen molar-refractivity contribution in [3.05, 3.63) is 63.7 Å². The quantitative estimate of drug-likeness (QED) is 0.284. The zero-order chi connectivity index (χ0) is 29.1. The Kier molecular flexibility index (Phi) is 8.95. The molecule has 2 aromatic carbocycles. The van der Waals surface area contributed by atoms with Gasteiger partial charge in [-0.2, -0.15) is 13.2 Å². The number of piperidine rings is 1. The second kappa shape index (κ2) is 12.1. The summed E-state index contributed by atoms with van der Waals surface area (Å²) in [6.45, 7) is 8.91. The maximum atomic E-state index is 13.3. The second-order valence-corrected chi connectivity index (χ2v) is 12.2. The zero-order valence-electron chi connectivity index (χ0n) is 23.4. The molecule has 2 aliphatic rings. The number of rotatable bonds is 7. The van der Waals surface area contributed by atoms with Gasteiger partial charge in [-0.25, -0.2) is 0 Å². The van der Waals surface area contributed by atoms with E-state index in [4.69, 9.17) is 0 Å². The molecule has 1 saturated carbocycles. The number of hydrogen-bond donors (Lipinski definition) is 2. The van der Waals surface area contributed by atoms with Crippen LogP contribution in [-0.4, -0.2) is 36.5 Å². The molecule has 2 N–H and O–H groups in total. The summed E-state index contributed by atoms with van der Waals surface area (Å²) in [6, 6.07) is 11.7. The Balaban J connectivity index is 1.19. The fourth-order valence-electron chi connectivity index (χ4n) is 5.72. The largest absolute Gasteiger partial charge is 0.423 e. The standard InChI is InChI=1S/C30H39F3N4O3/c1-29(2,3)22-6-11-25(12-7-22)36-16-14-21(15-17-36)28(38)34-19-20-4-8-23(9-5-20)35-24-10-13-27(37(39)40)26(18-24)30(31,32)33/h6-7,10-13,18,20-21,23,35H,4-5,8-9,14-17,19H2,1-3H3,(H,34,38)/t20-,23-. The van der Waals surface area contributed by atoms with E-state index in [1.807, 2.05) is 0 Å². The first-order valence-corrected chi connectivity index (χ1v) is 14.1. The number of nitro benzene ring substituents is 1. The topological polar surface area (TPSA) is 87.5 Å². The second-order valence-electron chi connectivity index (χ2n) is 12.2. The number of nitro groups is 1. The Morgan fingerprint density at radius 3 is 2.15 bits per heavy atom. The Labute approximate surface area is 233 Å². The third kappa shape index (κ3) is 7.46. The summed E-state index contributed by atoms with van der Waals surface area (Å²) in [7, 11) is 0. The molecule has 10 heteroatoms. The molecule has 40 heavy (non-hydrogen) atoms. The van der Waals surface area contributed by atoms with Crippen LogP contribution in [0.5, 0.6) is 0 Å². The highest BCUT2D eigenvalue weighted by molar-refractivity contribution is 5.79. The molecular weight excluding hydrogens is 521 g/mol. The third-order valence-corrected chi connectivity index (χ3v) is 8.25. The van der Waals surface area contributed by atoms with Crippen LogP contribution in [0, 0.1) is 22.0 Å². The van der Waals surface area contributed by atoms with E-state index in [2.05, 4.69) is 60.6 Å². The van der Waals surface area contributed by atoms with Crippen LogP contribution in [-0.2, 0) is 16.4 Å². The first kappa shape index (κ1) is 29.7. The van der Waals surface area contributed by atoms with Gasteiger partial charge in [0.2, 0.25) is 5.91 Å². The Morgan fingerprint density at radius 2 is 1.60 bits per heavy atom. The van der Waals surface area contributed by atoms with Crippen LogP contribution in [0.25, 0.3) is 0 Å². The van der Waals surface area contributed by atoms with Crippen molar-refractivity contribution in [2.45, 2.75) is 76.9 Å². The first-order chi connectivity index (χ1) is 18.8. The molecule has 1 aliphatic heterocycles. The SMILES string of the molecule is CC(C)(C)c1ccc(N2CCC(C(=O)NC[C@H]3CC[C@H](Nc4ccc([N+](=O)[O-])c(C(F)(F)F)c4)CC3)CC2)cc1. The monoisotopic (exact) mass is 560 g/mol. The first-order valence-electron chi connectivity index (χ1n) is 14.1. The van der Waals surface area contributed by atoms with Gasteiger partial charge in [-0.05, 0) is 79.7 Å². The van der Waals surface area contributed by atoms with Crippen molar-refractivity contribution in [3.8, 4) is 0 Å². The van der Waals surface area contributed by atoms with Gasteiger partial charge in [0, 0.05) is 49.0 Å². The molecule has 1 aliphatic carbocycles. The fourth-order valence-corrected chi connectivity index (χ4v) is 5.72. The van der Waals surface area contributed by atoms with E-state index in [1.165, 1.54) is 17.3 Å². The minimum Gasteiger partial charge on any atom is -0.382 e. The van der Waals surface area contributed by atoms with E-state index in [0.29, 0.717) is 12.5 Å². The van der Waals surface area contributed by atoms with Gasteiger partial charge in [0.1, 0.15) is 5.56 Å². The van der Waals surface area contributed by atoms with Crippen molar-refractivity contribution < 1.29 is 22.9 Å². The molecule has 2 fully saturated rings. The molecule has 0 aromatic heterocycles. The van der Waals surface area contributed by atoms with Gasteiger partial charge in [0.05, 0.1) is 4.92 Å². The average Bonchev–Trinajstić information content (AvgIpc) is 2.91. The predicted molar refractivity (Wildman–Crippen MR) is 151 cm³/mol. The Bertz CT molecular complexity index is 1180. The molecule has 0 unspecified atom stereocenters. The molecule has 1 saturated heterocycles. The number of benzene rings is 2. The number of halogens is 3. The summed E-state index contributed by atoms with van der Waals surface area (Å²) in [4.78, 5) is 25.2.